The van der Waals surface area contributed by atoms with E-state index in [0.717, 1.165) is 12.0 Å². The van der Waals surface area contributed by atoms with Crippen LogP contribution in [0.4, 0.5) is 0 Å². The second-order valence-electron chi connectivity index (χ2n) is 4.10. The maximum Gasteiger partial charge on any atom is 0.137 e. The Balaban J connectivity index is 1.93. The van der Waals surface area contributed by atoms with Gasteiger partial charge >= 0.3 is 0 Å². The zero-order chi connectivity index (χ0) is 13.0. The topological polar surface area (TPSA) is 29.5 Å². The molecule has 96 valence electrons. The van der Waals surface area contributed by atoms with Gasteiger partial charge in [-0.2, -0.15) is 11.3 Å². The van der Waals surface area contributed by atoms with Crippen molar-refractivity contribution in [2.45, 2.75) is 19.4 Å². The third kappa shape index (κ3) is 3.48. The van der Waals surface area contributed by atoms with Crippen molar-refractivity contribution in [3.8, 4) is 5.75 Å². The monoisotopic (exact) mass is 282 g/mol. The number of hydrogen-bond donors (Lipinski definition) is 1. The van der Waals surface area contributed by atoms with Gasteiger partial charge in [0, 0.05) is 6.42 Å². The van der Waals surface area contributed by atoms with Crippen molar-refractivity contribution in [2.24, 2.45) is 0 Å². The molecular formula is C14H15ClO2S. The van der Waals surface area contributed by atoms with Gasteiger partial charge in [0.1, 0.15) is 5.75 Å². The average molecular weight is 283 g/mol. The van der Waals surface area contributed by atoms with Gasteiger partial charge in [-0.05, 0) is 47.0 Å². The fraction of sp³-hybridized carbons (Fsp3) is 0.286. The molecule has 1 aromatic heterocycles. The van der Waals surface area contributed by atoms with Crippen molar-refractivity contribution in [3.05, 3.63) is 51.2 Å². The van der Waals surface area contributed by atoms with Crippen LogP contribution in [0.25, 0.3) is 0 Å². The Morgan fingerprint density at radius 3 is 2.83 bits per heavy atom. The van der Waals surface area contributed by atoms with Gasteiger partial charge in [0.2, 0.25) is 0 Å². The SMILES string of the molecule is C[C@H](O)c1ccc(OCCc2ccsc2)c(Cl)c1. The predicted molar refractivity (Wildman–Crippen MR) is 75.6 cm³/mol. The molecule has 0 saturated carbocycles. The van der Waals surface area contributed by atoms with Crippen LogP contribution < -0.4 is 4.74 Å². The summed E-state index contributed by atoms with van der Waals surface area (Å²) >= 11 is 7.78. The van der Waals surface area contributed by atoms with E-state index in [1.807, 2.05) is 6.07 Å². The fourth-order valence-electron chi connectivity index (χ4n) is 1.61. The summed E-state index contributed by atoms with van der Waals surface area (Å²) < 4.78 is 5.64. The molecule has 1 atom stereocenters. The highest BCUT2D eigenvalue weighted by molar-refractivity contribution is 7.07. The molecule has 2 rings (SSSR count). The lowest BCUT2D eigenvalue weighted by Gasteiger charge is -2.10. The average Bonchev–Trinajstić information content (AvgIpc) is 2.84. The van der Waals surface area contributed by atoms with E-state index in [4.69, 9.17) is 16.3 Å². The Morgan fingerprint density at radius 1 is 1.39 bits per heavy atom. The van der Waals surface area contributed by atoms with Crippen molar-refractivity contribution < 1.29 is 9.84 Å². The minimum Gasteiger partial charge on any atom is -0.492 e. The van der Waals surface area contributed by atoms with Crippen LogP contribution in [0.5, 0.6) is 5.75 Å². The number of hydrogen-bond acceptors (Lipinski definition) is 3. The number of halogens is 1. The first kappa shape index (κ1) is 13.4. The molecule has 0 spiro atoms. The second-order valence-corrected chi connectivity index (χ2v) is 5.28. The lowest BCUT2D eigenvalue weighted by Crippen LogP contribution is -2.01. The third-order valence-electron chi connectivity index (χ3n) is 2.67. The van der Waals surface area contributed by atoms with Crippen LogP contribution in [-0.4, -0.2) is 11.7 Å². The number of ether oxygens (including phenoxy) is 1. The standard InChI is InChI=1S/C14H15ClO2S/c1-10(16)12-2-3-14(13(15)8-12)17-6-4-11-5-7-18-9-11/h2-3,5,7-10,16H,4,6H2,1H3/t10-/m0/s1. The smallest absolute Gasteiger partial charge is 0.137 e. The molecule has 1 N–H and O–H groups in total. The molecule has 2 nitrogen and oxygen atoms in total. The van der Waals surface area contributed by atoms with Crippen LogP contribution in [0.2, 0.25) is 5.02 Å². The van der Waals surface area contributed by atoms with Crippen molar-refractivity contribution in [3.63, 3.8) is 0 Å². The van der Waals surface area contributed by atoms with Gasteiger partial charge in [-0.1, -0.05) is 17.7 Å². The summed E-state index contributed by atoms with van der Waals surface area (Å²) in [6.45, 7) is 2.31. The molecular weight excluding hydrogens is 268 g/mol. The van der Waals surface area contributed by atoms with Crippen molar-refractivity contribution in [1.29, 1.82) is 0 Å². The van der Waals surface area contributed by atoms with Crippen LogP contribution in [0.1, 0.15) is 24.2 Å². The summed E-state index contributed by atoms with van der Waals surface area (Å²) in [6, 6.07) is 7.47. The molecule has 0 aliphatic heterocycles. The molecule has 4 heteroatoms. The highest BCUT2D eigenvalue weighted by Crippen LogP contribution is 2.28. The van der Waals surface area contributed by atoms with Gasteiger partial charge in [-0.15, -0.1) is 0 Å². The summed E-state index contributed by atoms with van der Waals surface area (Å²) in [5.41, 5.74) is 2.07. The minimum atomic E-state index is -0.512. The molecule has 0 saturated heterocycles. The van der Waals surface area contributed by atoms with Crippen LogP contribution in [0.3, 0.4) is 0 Å². The van der Waals surface area contributed by atoms with E-state index in [1.165, 1.54) is 5.56 Å². The summed E-state index contributed by atoms with van der Waals surface area (Å²) in [5.74, 6) is 0.663. The predicted octanol–water partition coefficient (Wildman–Crippen LogP) is 4.08. The number of benzene rings is 1. The zero-order valence-electron chi connectivity index (χ0n) is 10.1. The molecule has 0 aliphatic rings. The zero-order valence-corrected chi connectivity index (χ0v) is 11.7. The first-order valence-corrected chi connectivity index (χ1v) is 7.10. The van der Waals surface area contributed by atoms with E-state index in [-0.39, 0.29) is 0 Å². The van der Waals surface area contributed by atoms with E-state index in [1.54, 1.807) is 30.4 Å². The van der Waals surface area contributed by atoms with Crippen molar-refractivity contribution >= 4 is 22.9 Å². The van der Waals surface area contributed by atoms with E-state index < -0.39 is 6.10 Å². The van der Waals surface area contributed by atoms with Gasteiger partial charge in [-0.3, -0.25) is 0 Å². The van der Waals surface area contributed by atoms with Crippen LogP contribution >= 0.6 is 22.9 Å². The van der Waals surface area contributed by atoms with Crippen LogP contribution in [-0.2, 0) is 6.42 Å². The quantitative estimate of drug-likeness (QED) is 0.895. The normalized spacial score (nSPS) is 12.4. The first-order valence-electron chi connectivity index (χ1n) is 5.78. The van der Waals surface area contributed by atoms with Crippen LogP contribution in [0.15, 0.2) is 35.0 Å². The molecule has 0 aliphatic carbocycles. The largest absolute Gasteiger partial charge is 0.492 e. The molecule has 2 aromatic rings. The van der Waals surface area contributed by atoms with Crippen molar-refractivity contribution in [2.75, 3.05) is 6.61 Å². The maximum atomic E-state index is 9.44. The first-order chi connectivity index (χ1) is 8.66. The Hall–Kier alpha value is -1.03. The fourth-order valence-corrected chi connectivity index (χ4v) is 2.55. The van der Waals surface area contributed by atoms with E-state index in [0.29, 0.717) is 17.4 Å². The molecule has 18 heavy (non-hydrogen) atoms. The lowest BCUT2D eigenvalue weighted by molar-refractivity contribution is 0.199. The number of thiophene rings is 1. The molecule has 0 radical (unpaired) electrons. The van der Waals surface area contributed by atoms with Crippen LogP contribution in [0, 0.1) is 0 Å². The Kier molecular flexibility index (Phi) is 4.64. The highest BCUT2D eigenvalue weighted by atomic mass is 35.5. The molecule has 0 bridgehead atoms. The molecule has 1 aromatic carbocycles. The Labute approximate surface area is 116 Å². The summed E-state index contributed by atoms with van der Waals surface area (Å²) in [7, 11) is 0. The summed E-state index contributed by atoms with van der Waals surface area (Å²) in [6.07, 6.45) is 0.361. The van der Waals surface area contributed by atoms with Gasteiger partial charge in [-0.25, -0.2) is 0 Å². The van der Waals surface area contributed by atoms with Gasteiger partial charge in [0.25, 0.3) is 0 Å². The maximum absolute atomic E-state index is 9.44. The molecule has 0 fully saturated rings. The van der Waals surface area contributed by atoms with E-state index in [9.17, 15) is 5.11 Å². The Bertz CT molecular complexity index is 495. The minimum absolute atomic E-state index is 0.512. The van der Waals surface area contributed by atoms with Crippen molar-refractivity contribution in [1.82, 2.24) is 0 Å². The molecule has 0 unspecified atom stereocenters. The van der Waals surface area contributed by atoms with Gasteiger partial charge in [0.05, 0.1) is 17.7 Å². The van der Waals surface area contributed by atoms with Gasteiger partial charge in [0.15, 0.2) is 0 Å². The number of aliphatic hydroxyl groups excluding tert-OH is 1. The second kappa shape index (κ2) is 6.23. The number of rotatable bonds is 5. The van der Waals surface area contributed by atoms with E-state index in [2.05, 4.69) is 16.8 Å². The highest BCUT2D eigenvalue weighted by Gasteiger charge is 2.06. The number of aliphatic hydroxyl groups is 1. The summed E-state index contributed by atoms with van der Waals surface area (Å²) in [5, 5.41) is 14.2. The molecule has 1 heterocycles. The summed E-state index contributed by atoms with van der Waals surface area (Å²) in [4.78, 5) is 0. The van der Waals surface area contributed by atoms with E-state index >= 15 is 0 Å². The lowest BCUT2D eigenvalue weighted by atomic mass is 10.1. The molecule has 0 amide bonds. The Morgan fingerprint density at radius 2 is 2.22 bits per heavy atom. The third-order valence-corrected chi connectivity index (χ3v) is 3.69. The van der Waals surface area contributed by atoms with Gasteiger partial charge < -0.3 is 9.84 Å².